The number of urea groups is 1. The van der Waals surface area contributed by atoms with Crippen LogP contribution in [0.1, 0.15) is 52.0 Å². The number of rotatable bonds is 7. The molecule has 2 aliphatic rings. The number of halogens is 1. The molecule has 32 heavy (non-hydrogen) atoms. The number of hydrogen-bond donors (Lipinski definition) is 2. The van der Waals surface area contributed by atoms with Gasteiger partial charge in [0.15, 0.2) is 11.0 Å². The molecule has 1 aromatic carbocycles. The van der Waals surface area contributed by atoms with Crippen molar-refractivity contribution in [3.8, 4) is 11.4 Å². The molecule has 1 saturated carbocycles. The molecular weight excluding hydrogens is 452 g/mol. The minimum atomic E-state index is -1.01. The van der Waals surface area contributed by atoms with Gasteiger partial charge in [-0.05, 0) is 38.3 Å². The Morgan fingerprint density at radius 3 is 2.66 bits per heavy atom. The minimum Gasteiger partial charge on any atom is -0.322 e. The molecule has 2 N–H and O–H groups in total. The van der Waals surface area contributed by atoms with Crippen molar-refractivity contribution in [2.45, 2.75) is 62.7 Å². The van der Waals surface area contributed by atoms with E-state index in [1.165, 1.54) is 11.8 Å². The van der Waals surface area contributed by atoms with Crippen molar-refractivity contribution in [2.75, 3.05) is 5.75 Å². The van der Waals surface area contributed by atoms with Crippen LogP contribution in [0.3, 0.4) is 0 Å². The molecule has 9 nitrogen and oxygen atoms in total. The van der Waals surface area contributed by atoms with Crippen LogP contribution in [0, 0.1) is 0 Å². The van der Waals surface area contributed by atoms with Crippen LogP contribution in [0.4, 0.5) is 4.79 Å². The first-order chi connectivity index (χ1) is 15.3. The molecule has 4 rings (SSSR count). The van der Waals surface area contributed by atoms with Gasteiger partial charge in [0.1, 0.15) is 5.54 Å². The summed E-state index contributed by atoms with van der Waals surface area (Å²) in [5, 5.41) is 13.3. The summed E-state index contributed by atoms with van der Waals surface area (Å²) in [5.41, 5.74) is 2.19. The topological polar surface area (TPSA) is 109 Å². The fraction of sp³-hybridized carbons (Fsp3) is 0.476. The Morgan fingerprint density at radius 1 is 1.28 bits per heavy atom. The van der Waals surface area contributed by atoms with Gasteiger partial charge in [0.2, 0.25) is 5.91 Å². The number of hydrazine groups is 1. The molecule has 1 aliphatic heterocycles. The third-order valence-electron chi connectivity index (χ3n) is 6.01. The molecule has 1 aliphatic carbocycles. The van der Waals surface area contributed by atoms with Crippen LogP contribution in [-0.2, 0) is 9.59 Å². The zero-order chi connectivity index (χ0) is 22.9. The third kappa shape index (κ3) is 4.21. The molecule has 0 unspecified atom stereocenters. The number of nitrogens with one attached hydrogen (secondary N) is 2. The molecule has 1 saturated heterocycles. The lowest BCUT2D eigenvalue weighted by Gasteiger charge is -2.19. The summed E-state index contributed by atoms with van der Waals surface area (Å²) in [7, 11) is 0. The molecule has 1 aromatic heterocycles. The van der Waals surface area contributed by atoms with Gasteiger partial charge in [-0.2, -0.15) is 5.01 Å². The van der Waals surface area contributed by atoms with Crippen LogP contribution in [0.15, 0.2) is 29.4 Å². The van der Waals surface area contributed by atoms with Gasteiger partial charge in [0.25, 0.3) is 5.91 Å². The summed E-state index contributed by atoms with van der Waals surface area (Å²) >= 11 is 7.62. The first kappa shape index (κ1) is 22.6. The highest BCUT2D eigenvalue weighted by Gasteiger charge is 2.47. The van der Waals surface area contributed by atoms with Gasteiger partial charge in [-0.25, -0.2) is 4.79 Å². The Labute approximate surface area is 195 Å². The van der Waals surface area contributed by atoms with Gasteiger partial charge in [0, 0.05) is 11.6 Å². The van der Waals surface area contributed by atoms with Crippen LogP contribution in [0.25, 0.3) is 11.4 Å². The number of amides is 4. The minimum absolute atomic E-state index is 0.0206. The number of imide groups is 1. The molecule has 2 heterocycles. The van der Waals surface area contributed by atoms with Gasteiger partial charge < -0.3 is 5.32 Å². The first-order valence-corrected chi connectivity index (χ1v) is 12.0. The molecule has 2 fully saturated rings. The maximum absolute atomic E-state index is 12.5. The van der Waals surface area contributed by atoms with E-state index in [4.69, 9.17) is 11.6 Å². The zero-order valence-corrected chi connectivity index (χ0v) is 19.5. The Morgan fingerprint density at radius 2 is 2.00 bits per heavy atom. The first-order valence-electron chi connectivity index (χ1n) is 10.6. The number of benzene rings is 1. The SMILES string of the molecule is CC[C@]1(C)NC(=O)N(NC(=O)CSc2nnc(-c3ccccc3Cl)n2C2CCCC2)C1=O. The fourth-order valence-corrected chi connectivity index (χ4v) is 5.02. The highest BCUT2D eigenvalue weighted by Crippen LogP contribution is 2.38. The van der Waals surface area contributed by atoms with Crippen molar-refractivity contribution < 1.29 is 14.4 Å². The van der Waals surface area contributed by atoms with Crippen molar-refractivity contribution in [3.63, 3.8) is 0 Å². The number of aromatic nitrogens is 3. The summed E-state index contributed by atoms with van der Waals surface area (Å²) in [6, 6.07) is 7.08. The highest BCUT2D eigenvalue weighted by molar-refractivity contribution is 7.99. The van der Waals surface area contributed by atoms with E-state index in [1.807, 2.05) is 24.3 Å². The van der Waals surface area contributed by atoms with E-state index in [1.54, 1.807) is 13.8 Å². The standard InChI is InChI=1S/C21H25ClN6O3S/c1-3-21(2)18(30)28(19(31)23-21)26-16(29)12-32-20-25-24-17(14-10-6-7-11-15(14)22)27(20)13-8-4-5-9-13/h6-7,10-11,13H,3-5,8-9,12H2,1-2H3,(H,23,31)(H,26,29)/t21-/m0/s1. The summed E-state index contributed by atoms with van der Waals surface area (Å²) in [6.07, 6.45) is 4.68. The number of nitrogens with zero attached hydrogens (tertiary/aromatic N) is 4. The van der Waals surface area contributed by atoms with E-state index in [0.29, 0.717) is 22.4 Å². The van der Waals surface area contributed by atoms with Crippen LogP contribution in [0.2, 0.25) is 5.02 Å². The average molecular weight is 477 g/mol. The van der Waals surface area contributed by atoms with E-state index in [0.717, 1.165) is 36.3 Å². The smallest absolute Gasteiger partial charge is 0.322 e. The Hall–Kier alpha value is -2.59. The fourth-order valence-electron chi connectivity index (χ4n) is 4.01. The predicted molar refractivity (Wildman–Crippen MR) is 121 cm³/mol. The van der Waals surface area contributed by atoms with E-state index in [2.05, 4.69) is 25.5 Å². The summed E-state index contributed by atoms with van der Waals surface area (Å²) in [4.78, 5) is 37.1. The van der Waals surface area contributed by atoms with Gasteiger partial charge in [-0.3, -0.25) is 19.6 Å². The largest absolute Gasteiger partial charge is 0.344 e. The summed E-state index contributed by atoms with van der Waals surface area (Å²) in [6.45, 7) is 3.43. The van der Waals surface area contributed by atoms with Crippen molar-refractivity contribution in [1.82, 2.24) is 30.5 Å². The van der Waals surface area contributed by atoms with Crippen molar-refractivity contribution in [2.24, 2.45) is 0 Å². The summed E-state index contributed by atoms with van der Waals surface area (Å²) < 4.78 is 2.06. The van der Waals surface area contributed by atoms with Crippen LogP contribution in [-0.4, -0.2) is 48.9 Å². The molecule has 0 bridgehead atoms. The molecule has 170 valence electrons. The second-order valence-electron chi connectivity index (χ2n) is 8.17. The van der Waals surface area contributed by atoms with Gasteiger partial charge in [-0.1, -0.05) is 55.3 Å². The summed E-state index contributed by atoms with van der Waals surface area (Å²) in [5.74, 6) is -0.288. The monoisotopic (exact) mass is 476 g/mol. The number of hydrogen-bond acceptors (Lipinski definition) is 6. The number of carbonyl (C=O) groups excluding carboxylic acids is 3. The van der Waals surface area contributed by atoms with E-state index in [9.17, 15) is 14.4 Å². The van der Waals surface area contributed by atoms with Crippen molar-refractivity contribution in [3.05, 3.63) is 29.3 Å². The van der Waals surface area contributed by atoms with Gasteiger partial charge in [0.05, 0.1) is 10.8 Å². The van der Waals surface area contributed by atoms with Crippen LogP contribution < -0.4 is 10.7 Å². The van der Waals surface area contributed by atoms with Gasteiger partial charge >= 0.3 is 6.03 Å². The second-order valence-corrected chi connectivity index (χ2v) is 9.52. The quantitative estimate of drug-likeness (QED) is 0.467. The number of thioether (sulfide) groups is 1. The van der Waals surface area contributed by atoms with Crippen LogP contribution in [0.5, 0.6) is 0 Å². The Kier molecular flexibility index (Phi) is 6.43. The van der Waals surface area contributed by atoms with Crippen molar-refractivity contribution in [1.29, 1.82) is 0 Å². The second kappa shape index (κ2) is 9.11. The Balaban J connectivity index is 1.50. The molecular formula is C21H25ClN6O3S. The molecule has 0 radical (unpaired) electrons. The van der Waals surface area contributed by atoms with Crippen LogP contribution >= 0.6 is 23.4 Å². The lowest BCUT2D eigenvalue weighted by atomic mass is 10.00. The average Bonchev–Trinajstić information content (AvgIpc) is 3.49. The lowest BCUT2D eigenvalue weighted by Crippen LogP contribution is -2.49. The molecule has 0 spiro atoms. The van der Waals surface area contributed by atoms with Gasteiger partial charge in [-0.15, -0.1) is 10.2 Å². The maximum atomic E-state index is 12.5. The predicted octanol–water partition coefficient (Wildman–Crippen LogP) is 3.56. The lowest BCUT2D eigenvalue weighted by molar-refractivity contribution is -0.137. The van der Waals surface area contributed by atoms with E-state index in [-0.39, 0.29) is 11.8 Å². The maximum Gasteiger partial charge on any atom is 0.344 e. The molecule has 2 aromatic rings. The third-order valence-corrected chi connectivity index (χ3v) is 7.28. The zero-order valence-electron chi connectivity index (χ0n) is 17.9. The normalized spacial score (nSPS) is 21.3. The Bertz CT molecular complexity index is 1050. The molecule has 11 heteroatoms. The molecule has 4 amide bonds. The molecule has 1 atom stereocenters. The van der Waals surface area contributed by atoms with Crippen molar-refractivity contribution >= 4 is 41.2 Å². The van der Waals surface area contributed by atoms with E-state index < -0.39 is 23.4 Å². The number of carbonyl (C=O) groups is 3. The highest BCUT2D eigenvalue weighted by atomic mass is 35.5. The van der Waals surface area contributed by atoms with E-state index >= 15 is 0 Å².